The van der Waals surface area contributed by atoms with Crippen LogP contribution in [0.25, 0.3) is 32.6 Å². The molecule has 1 heterocycles. The van der Waals surface area contributed by atoms with Gasteiger partial charge in [0, 0.05) is 28.2 Å². The van der Waals surface area contributed by atoms with Crippen molar-refractivity contribution in [2.75, 3.05) is 5.73 Å². The molecule has 0 amide bonds. The summed E-state index contributed by atoms with van der Waals surface area (Å²) in [7, 11) is 0. The number of fused-ring (bicyclic) bond motifs is 4. The molecule has 0 aliphatic carbocycles. The van der Waals surface area contributed by atoms with E-state index in [0.717, 1.165) is 33.9 Å². The zero-order valence-corrected chi connectivity index (χ0v) is 15.6. The highest BCUT2D eigenvalue weighted by Crippen LogP contribution is 2.36. The molecule has 0 spiro atoms. The lowest BCUT2D eigenvalue weighted by Gasteiger charge is -2.05. The van der Waals surface area contributed by atoms with E-state index in [-0.39, 0.29) is 0 Å². The number of benzene rings is 4. The second-order valence-electron chi connectivity index (χ2n) is 6.89. The Balaban J connectivity index is 1.68. The topological polar surface area (TPSA) is 55.7 Å². The molecular formula is C24H20N4. The van der Waals surface area contributed by atoms with E-state index in [0.29, 0.717) is 11.4 Å². The van der Waals surface area contributed by atoms with Gasteiger partial charge in [0.05, 0.1) is 16.9 Å². The molecule has 0 saturated heterocycles. The van der Waals surface area contributed by atoms with Crippen LogP contribution in [0.5, 0.6) is 0 Å². The quantitative estimate of drug-likeness (QED) is 0.273. The van der Waals surface area contributed by atoms with Crippen LogP contribution in [0.3, 0.4) is 0 Å². The fourth-order valence-electron chi connectivity index (χ4n) is 3.93. The molecule has 4 nitrogen and oxygen atoms in total. The molecule has 0 fully saturated rings. The molecule has 0 radical (unpaired) electrons. The number of nitrogens with zero attached hydrogens (tertiary/aromatic N) is 3. The molecule has 0 bridgehead atoms. The van der Waals surface area contributed by atoms with E-state index >= 15 is 0 Å². The molecular weight excluding hydrogens is 344 g/mol. The van der Waals surface area contributed by atoms with Gasteiger partial charge in [0.1, 0.15) is 5.69 Å². The molecule has 0 atom stereocenters. The summed E-state index contributed by atoms with van der Waals surface area (Å²) in [5, 5.41) is 13.6. The average molecular weight is 364 g/mol. The van der Waals surface area contributed by atoms with Crippen molar-refractivity contribution in [1.29, 1.82) is 0 Å². The number of para-hydroxylation sites is 1. The van der Waals surface area contributed by atoms with Crippen LogP contribution >= 0.6 is 0 Å². The van der Waals surface area contributed by atoms with Gasteiger partial charge < -0.3 is 10.3 Å². The molecule has 0 aliphatic rings. The van der Waals surface area contributed by atoms with Gasteiger partial charge in [-0.15, -0.1) is 10.2 Å². The van der Waals surface area contributed by atoms with Crippen molar-refractivity contribution in [3.05, 3.63) is 78.9 Å². The van der Waals surface area contributed by atoms with E-state index in [2.05, 4.69) is 64.2 Å². The second-order valence-corrected chi connectivity index (χ2v) is 6.89. The van der Waals surface area contributed by atoms with Gasteiger partial charge in [-0.3, -0.25) is 0 Å². The Morgan fingerprint density at radius 1 is 0.714 bits per heavy atom. The first-order valence-corrected chi connectivity index (χ1v) is 9.46. The smallest absolute Gasteiger partial charge is 0.111 e. The third-order valence-corrected chi connectivity index (χ3v) is 5.27. The highest BCUT2D eigenvalue weighted by Gasteiger charge is 2.12. The minimum atomic E-state index is 0.635. The van der Waals surface area contributed by atoms with Gasteiger partial charge in [0.25, 0.3) is 0 Å². The van der Waals surface area contributed by atoms with Crippen molar-refractivity contribution in [3.8, 4) is 0 Å². The maximum absolute atomic E-state index is 6.34. The zero-order valence-electron chi connectivity index (χ0n) is 15.6. The molecule has 5 rings (SSSR count). The number of nitrogens with two attached hydrogens (primary N) is 1. The third kappa shape index (κ3) is 2.54. The van der Waals surface area contributed by atoms with Crippen LogP contribution < -0.4 is 5.73 Å². The van der Waals surface area contributed by atoms with E-state index in [9.17, 15) is 0 Å². The van der Waals surface area contributed by atoms with E-state index in [1.807, 2.05) is 36.4 Å². The Labute approximate surface area is 162 Å². The van der Waals surface area contributed by atoms with Gasteiger partial charge in [0.15, 0.2) is 0 Å². The van der Waals surface area contributed by atoms with Crippen LogP contribution in [0.4, 0.5) is 17.1 Å². The first kappa shape index (κ1) is 16.5. The van der Waals surface area contributed by atoms with Crippen molar-refractivity contribution < 1.29 is 0 Å². The van der Waals surface area contributed by atoms with Gasteiger partial charge in [-0.2, -0.15) is 0 Å². The lowest BCUT2D eigenvalue weighted by molar-refractivity contribution is 0.827. The summed E-state index contributed by atoms with van der Waals surface area (Å²) in [6, 6.07) is 26.7. The van der Waals surface area contributed by atoms with Crippen molar-refractivity contribution in [3.63, 3.8) is 0 Å². The number of rotatable bonds is 3. The Hall–Kier alpha value is -3.66. The minimum Gasteiger partial charge on any atom is -0.397 e. The summed E-state index contributed by atoms with van der Waals surface area (Å²) in [5.41, 5.74) is 10.9. The summed E-state index contributed by atoms with van der Waals surface area (Å²) < 4.78 is 2.29. The first-order chi connectivity index (χ1) is 13.8. The molecule has 136 valence electrons. The second kappa shape index (κ2) is 6.50. The van der Waals surface area contributed by atoms with E-state index in [4.69, 9.17) is 5.73 Å². The number of aromatic nitrogens is 1. The highest BCUT2D eigenvalue weighted by molar-refractivity contribution is 6.10. The Kier molecular flexibility index (Phi) is 3.83. The van der Waals surface area contributed by atoms with Gasteiger partial charge in [-0.05, 0) is 36.6 Å². The summed E-state index contributed by atoms with van der Waals surface area (Å²) in [5.74, 6) is 0. The van der Waals surface area contributed by atoms with Crippen LogP contribution in [0, 0.1) is 0 Å². The zero-order chi connectivity index (χ0) is 19.1. The number of anilines is 1. The standard InChI is InChI=1S/C24H20N4/c1-2-28-23-13-6-5-11-18(23)19-14-20(25)22(15-24(19)28)27-26-21-12-7-9-16-8-3-4-10-17(16)21/h3-15H,2,25H2,1H3. The number of hydrogen-bond donors (Lipinski definition) is 1. The molecule has 5 aromatic rings. The molecule has 4 heteroatoms. The summed E-state index contributed by atoms with van der Waals surface area (Å²) >= 11 is 0. The van der Waals surface area contributed by atoms with Crippen molar-refractivity contribution in [1.82, 2.24) is 4.57 Å². The van der Waals surface area contributed by atoms with E-state index < -0.39 is 0 Å². The summed E-state index contributed by atoms with van der Waals surface area (Å²) in [6.45, 7) is 3.04. The molecule has 28 heavy (non-hydrogen) atoms. The van der Waals surface area contributed by atoms with Gasteiger partial charge in [-0.25, -0.2) is 0 Å². The van der Waals surface area contributed by atoms with E-state index in [1.54, 1.807) is 0 Å². The van der Waals surface area contributed by atoms with Crippen LogP contribution in [0.1, 0.15) is 6.92 Å². The fraction of sp³-hybridized carbons (Fsp3) is 0.0833. The Morgan fingerprint density at radius 2 is 1.43 bits per heavy atom. The van der Waals surface area contributed by atoms with Gasteiger partial charge in [-0.1, -0.05) is 54.6 Å². The average Bonchev–Trinajstić information content (AvgIpc) is 3.04. The Bertz CT molecular complexity index is 1360. The van der Waals surface area contributed by atoms with Crippen LogP contribution in [0.2, 0.25) is 0 Å². The van der Waals surface area contributed by atoms with E-state index in [1.165, 1.54) is 10.9 Å². The lowest BCUT2D eigenvalue weighted by atomic mass is 10.1. The van der Waals surface area contributed by atoms with Crippen LogP contribution in [0.15, 0.2) is 89.1 Å². The van der Waals surface area contributed by atoms with Crippen LogP contribution in [-0.4, -0.2) is 4.57 Å². The largest absolute Gasteiger partial charge is 0.397 e. The maximum atomic E-state index is 6.34. The number of nitrogen functional groups attached to an aromatic ring is 1. The minimum absolute atomic E-state index is 0.635. The van der Waals surface area contributed by atoms with Crippen LogP contribution in [-0.2, 0) is 6.54 Å². The molecule has 0 unspecified atom stereocenters. The number of hydrogen-bond acceptors (Lipinski definition) is 3. The number of azo groups is 1. The summed E-state index contributed by atoms with van der Waals surface area (Å²) in [4.78, 5) is 0. The van der Waals surface area contributed by atoms with Gasteiger partial charge in [0.2, 0.25) is 0 Å². The lowest BCUT2D eigenvalue weighted by Crippen LogP contribution is -1.93. The highest BCUT2D eigenvalue weighted by atomic mass is 15.1. The van der Waals surface area contributed by atoms with Gasteiger partial charge >= 0.3 is 0 Å². The van der Waals surface area contributed by atoms with Crippen molar-refractivity contribution in [2.24, 2.45) is 10.2 Å². The monoisotopic (exact) mass is 364 g/mol. The SMILES string of the molecule is CCn1c2ccccc2c2cc(N)c(N=Nc3cccc4ccccc34)cc21. The van der Waals surface area contributed by atoms with Crippen molar-refractivity contribution in [2.45, 2.75) is 13.5 Å². The molecule has 0 aliphatic heterocycles. The molecule has 2 N–H and O–H groups in total. The predicted molar refractivity (Wildman–Crippen MR) is 118 cm³/mol. The fourth-order valence-corrected chi connectivity index (χ4v) is 3.93. The summed E-state index contributed by atoms with van der Waals surface area (Å²) in [6.07, 6.45) is 0. The third-order valence-electron chi connectivity index (χ3n) is 5.27. The normalized spacial score (nSPS) is 11.9. The first-order valence-electron chi connectivity index (χ1n) is 9.46. The Morgan fingerprint density at radius 3 is 2.29 bits per heavy atom. The molecule has 1 aromatic heterocycles. The molecule has 4 aromatic carbocycles. The van der Waals surface area contributed by atoms with Crippen molar-refractivity contribution >= 4 is 49.6 Å². The molecule has 0 saturated carbocycles. The predicted octanol–water partition coefficient (Wildman–Crippen LogP) is 6.97. The maximum Gasteiger partial charge on any atom is 0.111 e. The number of aryl methyl sites for hydroxylation is 1.